The van der Waals surface area contributed by atoms with Crippen molar-refractivity contribution in [3.8, 4) is 0 Å². The van der Waals surface area contributed by atoms with Crippen LogP contribution in [0.5, 0.6) is 0 Å². The van der Waals surface area contributed by atoms with Crippen LogP contribution in [0.25, 0.3) is 0 Å². The minimum atomic E-state index is -3.49. The van der Waals surface area contributed by atoms with E-state index in [1.807, 2.05) is 0 Å². The van der Waals surface area contributed by atoms with Gasteiger partial charge in [-0.15, -0.1) is 0 Å². The highest BCUT2D eigenvalue weighted by Gasteiger charge is 2.37. The maximum atomic E-state index is 10.7. The van der Waals surface area contributed by atoms with Gasteiger partial charge in [0.1, 0.15) is 0 Å². The van der Waals surface area contributed by atoms with E-state index in [0.29, 0.717) is 3.71 Å². The van der Waals surface area contributed by atoms with E-state index in [1.165, 1.54) is 0 Å². The van der Waals surface area contributed by atoms with Gasteiger partial charge in [-0.1, -0.05) is 3.71 Å². The Hall–Kier alpha value is -0.140. The SMILES string of the molecule is CN1S(=O)(=O)CCS1(=O)=O. The Morgan fingerprint density at radius 1 is 1.00 bits per heavy atom. The maximum absolute atomic E-state index is 10.7. The molecular weight excluding hydrogens is 178 g/mol. The van der Waals surface area contributed by atoms with Gasteiger partial charge in [0.25, 0.3) is 0 Å². The van der Waals surface area contributed by atoms with Crippen LogP contribution in [0.2, 0.25) is 0 Å². The third kappa shape index (κ3) is 1.04. The summed E-state index contributed by atoms with van der Waals surface area (Å²) in [5.41, 5.74) is 0. The van der Waals surface area contributed by atoms with Gasteiger partial charge in [-0.05, 0) is 0 Å². The number of hydrogen-bond acceptors (Lipinski definition) is 4. The highest BCUT2D eigenvalue weighted by molar-refractivity contribution is 8.07. The van der Waals surface area contributed by atoms with Crippen molar-refractivity contribution in [2.45, 2.75) is 0 Å². The van der Waals surface area contributed by atoms with E-state index >= 15 is 0 Å². The molecule has 0 aliphatic carbocycles. The third-order valence-corrected chi connectivity index (χ3v) is 6.01. The van der Waals surface area contributed by atoms with Gasteiger partial charge in [0.15, 0.2) is 0 Å². The minimum absolute atomic E-state index is 0.286. The van der Waals surface area contributed by atoms with Gasteiger partial charge in [-0.3, -0.25) is 0 Å². The van der Waals surface area contributed by atoms with Crippen molar-refractivity contribution in [3.05, 3.63) is 0 Å². The second-order valence-corrected chi connectivity index (χ2v) is 6.48. The quantitative estimate of drug-likeness (QED) is 0.465. The molecule has 1 aliphatic heterocycles. The number of nitrogens with zero attached hydrogens (tertiary/aromatic N) is 1. The average molecular weight is 185 g/mol. The molecule has 5 nitrogen and oxygen atoms in total. The Morgan fingerprint density at radius 3 is 1.40 bits per heavy atom. The van der Waals surface area contributed by atoms with Crippen LogP contribution in [-0.4, -0.2) is 39.1 Å². The predicted octanol–water partition coefficient (Wildman–Crippen LogP) is -1.41. The fourth-order valence-corrected chi connectivity index (χ4v) is 4.67. The van der Waals surface area contributed by atoms with Gasteiger partial charge < -0.3 is 0 Å². The molecule has 1 rings (SSSR count). The lowest BCUT2D eigenvalue weighted by molar-refractivity contribution is 0.540. The Balaban J connectivity index is 3.25. The summed E-state index contributed by atoms with van der Waals surface area (Å²) >= 11 is 0. The van der Waals surface area contributed by atoms with Crippen LogP contribution < -0.4 is 0 Å². The summed E-state index contributed by atoms with van der Waals surface area (Å²) in [6.07, 6.45) is 0. The van der Waals surface area contributed by atoms with E-state index < -0.39 is 20.0 Å². The van der Waals surface area contributed by atoms with Crippen LogP contribution >= 0.6 is 0 Å². The Bertz CT molecular complexity index is 292. The van der Waals surface area contributed by atoms with Gasteiger partial charge in [0, 0.05) is 7.05 Å². The number of rotatable bonds is 0. The highest BCUT2D eigenvalue weighted by atomic mass is 32.3. The van der Waals surface area contributed by atoms with Crippen molar-refractivity contribution in [2.24, 2.45) is 0 Å². The Morgan fingerprint density at radius 2 is 1.30 bits per heavy atom. The summed E-state index contributed by atoms with van der Waals surface area (Å²) < 4.78 is 43.3. The fraction of sp³-hybridized carbons (Fsp3) is 1.00. The minimum Gasteiger partial charge on any atom is -0.211 e. The van der Waals surface area contributed by atoms with Crippen LogP contribution in [0.4, 0.5) is 0 Å². The van der Waals surface area contributed by atoms with Crippen LogP contribution in [0, 0.1) is 0 Å². The lowest BCUT2D eigenvalue weighted by atomic mass is 11.0. The fourth-order valence-electron chi connectivity index (χ4n) is 0.641. The first-order chi connectivity index (χ1) is 4.36. The van der Waals surface area contributed by atoms with Gasteiger partial charge in [-0.25, -0.2) is 16.8 Å². The first-order valence-electron chi connectivity index (χ1n) is 2.56. The topological polar surface area (TPSA) is 71.5 Å². The van der Waals surface area contributed by atoms with Crippen molar-refractivity contribution >= 4 is 20.0 Å². The van der Waals surface area contributed by atoms with E-state index in [1.54, 1.807) is 0 Å². The second kappa shape index (κ2) is 1.93. The van der Waals surface area contributed by atoms with Gasteiger partial charge in [-0.2, -0.15) is 0 Å². The predicted molar refractivity (Wildman–Crippen MR) is 35.3 cm³/mol. The van der Waals surface area contributed by atoms with Crippen LogP contribution in [0.15, 0.2) is 0 Å². The molecule has 0 radical (unpaired) electrons. The first-order valence-corrected chi connectivity index (χ1v) is 5.77. The van der Waals surface area contributed by atoms with Crippen LogP contribution in [0.3, 0.4) is 0 Å². The maximum Gasteiger partial charge on any atom is 0.227 e. The van der Waals surface area contributed by atoms with Crippen molar-refractivity contribution in [1.29, 1.82) is 0 Å². The molecule has 0 spiro atoms. The summed E-state index contributed by atoms with van der Waals surface area (Å²) in [6, 6.07) is 0. The van der Waals surface area contributed by atoms with E-state index in [2.05, 4.69) is 0 Å². The zero-order valence-electron chi connectivity index (χ0n) is 5.31. The third-order valence-electron chi connectivity index (χ3n) is 1.38. The summed E-state index contributed by atoms with van der Waals surface area (Å²) in [7, 11) is -5.92. The lowest BCUT2D eigenvalue weighted by Gasteiger charge is -2.03. The molecule has 0 aromatic rings. The van der Waals surface area contributed by atoms with E-state index in [4.69, 9.17) is 0 Å². The van der Waals surface area contributed by atoms with Gasteiger partial charge >= 0.3 is 0 Å². The van der Waals surface area contributed by atoms with Crippen LogP contribution in [-0.2, 0) is 20.0 Å². The average Bonchev–Trinajstić information content (AvgIpc) is 1.95. The monoisotopic (exact) mass is 185 g/mol. The molecule has 0 amide bonds. The molecule has 1 heterocycles. The summed E-state index contributed by atoms with van der Waals surface area (Å²) in [6.45, 7) is 0. The molecule has 0 bridgehead atoms. The number of hydrogen-bond donors (Lipinski definition) is 0. The number of sulfonamides is 2. The van der Waals surface area contributed by atoms with Crippen molar-refractivity contribution in [2.75, 3.05) is 18.6 Å². The first kappa shape index (κ1) is 7.96. The summed E-state index contributed by atoms with van der Waals surface area (Å²) in [5.74, 6) is -0.572. The molecule has 60 valence electrons. The molecule has 0 saturated carbocycles. The van der Waals surface area contributed by atoms with Crippen molar-refractivity contribution < 1.29 is 16.8 Å². The molecule has 1 aliphatic rings. The van der Waals surface area contributed by atoms with E-state index in [9.17, 15) is 16.8 Å². The highest BCUT2D eigenvalue weighted by Crippen LogP contribution is 2.14. The van der Waals surface area contributed by atoms with E-state index in [0.717, 1.165) is 7.05 Å². The lowest BCUT2D eigenvalue weighted by Crippen LogP contribution is -2.24. The molecular formula is C3H7NO4S2. The molecule has 1 saturated heterocycles. The molecule has 10 heavy (non-hydrogen) atoms. The normalized spacial score (nSPS) is 30.5. The van der Waals surface area contributed by atoms with Gasteiger partial charge in [0.05, 0.1) is 11.5 Å². The standard InChI is InChI=1S/C3H7NO4S2/c1-4-9(5,6)2-3-10(4,7)8/h2-3H2,1H3. The second-order valence-electron chi connectivity index (χ2n) is 2.01. The molecule has 0 unspecified atom stereocenters. The zero-order chi connectivity index (χ0) is 7.99. The molecule has 1 fully saturated rings. The Kier molecular flexibility index (Phi) is 1.53. The molecule has 7 heteroatoms. The molecule has 0 aromatic heterocycles. The van der Waals surface area contributed by atoms with Crippen molar-refractivity contribution in [3.63, 3.8) is 0 Å². The molecule has 0 N–H and O–H groups in total. The largest absolute Gasteiger partial charge is 0.227 e. The summed E-state index contributed by atoms with van der Waals surface area (Å²) in [4.78, 5) is 0. The van der Waals surface area contributed by atoms with E-state index in [-0.39, 0.29) is 11.5 Å². The Labute approximate surface area is 59.7 Å². The van der Waals surface area contributed by atoms with Gasteiger partial charge in [0.2, 0.25) is 20.0 Å². The summed E-state index contributed by atoms with van der Waals surface area (Å²) in [5, 5.41) is 0. The zero-order valence-corrected chi connectivity index (χ0v) is 6.94. The molecule has 0 atom stereocenters. The molecule has 0 aromatic carbocycles. The van der Waals surface area contributed by atoms with Crippen LogP contribution in [0.1, 0.15) is 0 Å². The smallest absolute Gasteiger partial charge is 0.211 e. The van der Waals surface area contributed by atoms with Crippen molar-refractivity contribution in [1.82, 2.24) is 3.71 Å².